The van der Waals surface area contributed by atoms with E-state index in [-0.39, 0.29) is 5.91 Å². The van der Waals surface area contributed by atoms with Gasteiger partial charge in [-0.1, -0.05) is 6.07 Å². The second-order valence-corrected chi connectivity index (χ2v) is 7.11. The lowest BCUT2D eigenvalue weighted by Gasteiger charge is -2.22. The van der Waals surface area contributed by atoms with Crippen molar-refractivity contribution in [2.24, 2.45) is 0 Å². The second kappa shape index (κ2) is 8.68. The molecule has 1 aromatic carbocycles. The number of nitrogens with zero attached hydrogens (tertiary/aromatic N) is 2. The summed E-state index contributed by atoms with van der Waals surface area (Å²) < 4.78 is 0. The second-order valence-electron chi connectivity index (χ2n) is 6.16. The van der Waals surface area contributed by atoms with E-state index in [1.54, 1.807) is 12.3 Å². The summed E-state index contributed by atoms with van der Waals surface area (Å²) in [7, 11) is 0. The topological polar surface area (TPSA) is 57.3 Å². The number of carbonyl (C=O) groups is 1. The van der Waals surface area contributed by atoms with Gasteiger partial charge in [0.25, 0.3) is 5.91 Å². The number of hydrogen-bond donors (Lipinski definition) is 2. The van der Waals surface area contributed by atoms with E-state index in [0.717, 1.165) is 30.2 Å². The highest BCUT2D eigenvalue weighted by Gasteiger charge is 2.08. The van der Waals surface area contributed by atoms with E-state index in [9.17, 15) is 4.79 Å². The van der Waals surface area contributed by atoms with E-state index in [0.29, 0.717) is 10.6 Å². The number of benzene rings is 1. The molecule has 0 saturated carbocycles. The summed E-state index contributed by atoms with van der Waals surface area (Å²) in [5, 5.41) is 8.08. The molecule has 0 radical (unpaired) electrons. The number of aromatic nitrogens is 1. The third-order valence-electron chi connectivity index (χ3n) is 4.37. The first kappa shape index (κ1) is 18.9. The summed E-state index contributed by atoms with van der Waals surface area (Å²) in [5.74, 6) is 0.623. The highest BCUT2D eigenvalue weighted by molar-refractivity contribution is 7.12. The average Bonchev–Trinajstić information content (AvgIpc) is 3.21. The van der Waals surface area contributed by atoms with Gasteiger partial charge in [-0.15, -0.1) is 11.3 Å². The van der Waals surface area contributed by atoms with E-state index in [2.05, 4.69) is 59.5 Å². The fourth-order valence-electron chi connectivity index (χ4n) is 2.85. The maximum absolute atomic E-state index is 12.1. The van der Waals surface area contributed by atoms with Gasteiger partial charge in [-0.2, -0.15) is 0 Å². The van der Waals surface area contributed by atoms with Crippen LogP contribution in [0.15, 0.2) is 54.0 Å². The molecule has 140 valence electrons. The molecule has 6 heteroatoms. The Morgan fingerprint density at radius 2 is 1.96 bits per heavy atom. The molecule has 27 heavy (non-hydrogen) atoms. The molecule has 0 saturated heterocycles. The minimum Gasteiger partial charge on any atom is -0.372 e. The lowest BCUT2D eigenvalue weighted by molar-refractivity contribution is 0.103. The van der Waals surface area contributed by atoms with Gasteiger partial charge in [-0.25, -0.2) is 4.98 Å². The summed E-state index contributed by atoms with van der Waals surface area (Å²) in [4.78, 5) is 19.5. The molecule has 0 unspecified atom stereocenters. The van der Waals surface area contributed by atoms with Crippen LogP contribution in [0.2, 0.25) is 0 Å². The minimum atomic E-state index is -0.115. The molecule has 0 bridgehead atoms. The van der Waals surface area contributed by atoms with E-state index in [4.69, 9.17) is 0 Å². The highest BCUT2D eigenvalue weighted by atomic mass is 32.1. The van der Waals surface area contributed by atoms with E-state index < -0.39 is 0 Å². The Balaban J connectivity index is 1.67. The van der Waals surface area contributed by atoms with Crippen molar-refractivity contribution in [3.8, 4) is 0 Å². The predicted octanol–water partition coefficient (Wildman–Crippen LogP) is 5.29. The Kier molecular flexibility index (Phi) is 6.08. The Labute approximate surface area is 164 Å². The summed E-state index contributed by atoms with van der Waals surface area (Å²) in [6.07, 6.45) is 1.66. The SMILES string of the molecule is CCN(CC)c1ccc(Nc2ccc(NC(=O)c3cccs3)cn2)c(C)c1. The highest BCUT2D eigenvalue weighted by Crippen LogP contribution is 2.25. The van der Waals surface area contributed by atoms with Gasteiger partial charge in [0.1, 0.15) is 5.82 Å². The van der Waals surface area contributed by atoms with Crippen LogP contribution in [0.4, 0.5) is 22.9 Å². The summed E-state index contributed by atoms with van der Waals surface area (Å²) in [5.41, 5.74) is 4.08. The third-order valence-corrected chi connectivity index (χ3v) is 5.24. The van der Waals surface area contributed by atoms with Crippen LogP contribution >= 0.6 is 11.3 Å². The van der Waals surface area contributed by atoms with Gasteiger partial charge in [-0.05, 0) is 68.1 Å². The molecule has 0 aliphatic carbocycles. The molecule has 3 aromatic rings. The molecule has 0 fully saturated rings. The smallest absolute Gasteiger partial charge is 0.265 e. The largest absolute Gasteiger partial charge is 0.372 e. The van der Waals surface area contributed by atoms with Crippen LogP contribution in [0.5, 0.6) is 0 Å². The molecule has 5 nitrogen and oxygen atoms in total. The number of anilines is 4. The first-order valence-corrected chi connectivity index (χ1v) is 9.92. The van der Waals surface area contributed by atoms with Crippen molar-refractivity contribution >= 4 is 40.1 Å². The molecule has 0 aliphatic rings. The quantitative estimate of drug-likeness (QED) is 0.584. The number of carbonyl (C=O) groups excluding carboxylic acids is 1. The van der Waals surface area contributed by atoms with Crippen LogP contribution in [-0.2, 0) is 0 Å². The normalized spacial score (nSPS) is 10.5. The van der Waals surface area contributed by atoms with Crippen molar-refractivity contribution in [3.05, 3.63) is 64.5 Å². The fraction of sp³-hybridized carbons (Fsp3) is 0.238. The van der Waals surface area contributed by atoms with Crippen LogP contribution in [0, 0.1) is 6.92 Å². The average molecular weight is 381 g/mol. The predicted molar refractivity (Wildman–Crippen MR) is 115 cm³/mol. The molecular formula is C21H24N4OS. The lowest BCUT2D eigenvalue weighted by atomic mass is 10.1. The van der Waals surface area contributed by atoms with E-state index >= 15 is 0 Å². The Hall–Kier alpha value is -2.86. The number of thiophene rings is 1. The van der Waals surface area contributed by atoms with Crippen molar-refractivity contribution in [2.75, 3.05) is 28.6 Å². The fourth-order valence-corrected chi connectivity index (χ4v) is 3.47. The Morgan fingerprint density at radius 1 is 1.15 bits per heavy atom. The van der Waals surface area contributed by atoms with Gasteiger partial charge in [0.2, 0.25) is 0 Å². The van der Waals surface area contributed by atoms with Crippen LogP contribution in [0.3, 0.4) is 0 Å². The number of hydrogen-bond acceptors (Lipinski definition) is 5. The first-order chi connectivity index (χ1) is 13.1. The molecule has 0 aliphatic heterocycles. The van der Waals surface area contributed by atoms with Crippen molar-refractivity contribution in [2.45, 2.75) is 20.8 Å². The van der Waals surface area contributed by atoms with E-state index in [1.165, 1.54) is 17.0 Å². The zero-order chi connectivity index (χ0) is 19.2. The first-order valence-electron chi connectivity index (χ1n) is 9.04. The van der Waals surface area contributed by atoms with Gasteiger partial charge < -0.3 is 15.5 Å². The zero-order valence-electron chi connectivity index (χ0n) is 15.8. The molecule has 2 N–H and O–H groups in total. The van der Waals surface area contributed by atoms with Crippen molar-refractivity contribution < 1.29 is 4.79 Å². The monoisotopic (exact) mass is 380 g/mol. The summed E-state index contributed by atoms with van der Waals surface area (Å²) in [6, 6.07) is 13.8. The number of nitrogens with one attached hydrogen (secondary N) is 2. The zero-order valence-corrected chi connectivity index (χ0v) is 16.6. The number of rotatable bonds is 7. The molecular weight excluding hydrogens is 356 g/mol. The number of pyridine rings is 1. The van der Waals surface area contributed by atoms with Crippen LogP contribution in [-0.4, -0.2) is 24.0 Å². The number of aryl methyl sites for hydroxylation is 1. The Morgan fingerprint density at radius 3 is 2.56 bits per heavy atom. The molecule has 0 spiro atoms. The van der Waals surface area contributed by atoms with Gasteiger partial charge in [0.15, 0.2) is 0 Å². The van der Waals surface area contributed by atoms with E-state index in [1.807, 2.05) is 23.6 Å². The van der Waals surface area contributed by atoms with Gasteiger partial charge in [-0.3, -0.25) is 4.79 Å². The summed E-state index contributed by atoms with van der Waals surface area (Å²) >= 11 is 1.41. The molecule has 0 atom stereocenters. The van der Waals surface area contributed by atoms with Crippen LogP contribution in [0.25, 0.3) is 0 Å². The molecule has 3 rings (SSSR count). The maximum Gasteiger partial charge on any atom is 0.265 e. The molecule has 2 aromatic heterocycles. The van der Waals surface area contributed by atoms with Gasteiger partial charge >= 0.3 is 0 Å². The lowest BCUT2D eigenvalue weighted by Crippen LogP contribution is -2.21. The molecule has 2 heterocycles. The minimum absolute atomic E-state index is 0.115. The third kappa shape index (κ3) is 4.65. The maximum atomic E-state index is 12.1. The van der Waals surface area contributed by atoms with Gasteiger partial charge in [0, 0.05) is 24.5 Å². The van der Waals surface area contributed by atoms with Crippen molar-refractivity contribution in [1.29, 1.82) is 0 Å². The Bertz CT molecular complexity index is 887. The van der Waals surface area contributed by atoms with Crippen molar-refractivity contribution in [3.63, 3.8) is 0 Å². The molecule has 1 amide bonds. The van der Waals surface area contributed by atoms with Crippen LogP contribution < -0.4 is 15.5 Å². The van der Waals surface area contributed by atoms with Crippen molar-refractivity contribution in [1.82, 2.24) is 4.98 Å². The van der Waals surface area contributed by atoms with Crippen LogP contribution in [0.1, 0.15) is 29.1 Å². The standard InChI is InChI=1S/C21H24N4OS/c1-4-25(5-2)17-9-10-18(15(3)13-17)24-20-11-8-16(14-22-20)23-21(26)19-7-6-12-27-19/h6-14H,4-5H2,1-3H3,(H,22,24)(H,23,26). The number of amides is 1. The van der Waals surface area contributed by atoms with Gasteiger partial charge in [0.05, 0.1) is 16.8 Å². The summed E-state index contributed by atoms with van der Waals surface area (Å²) in [6.45, 7) is 8.39.